The fraction of sp³-hybridized carbons (Fsp3) is 0.529. The quantitative estimate of drug-likeness (QED) is 0.340. The van der Waals surface area contributed by atoms with Crippen LogP contribution in [0.3, 0.4) is 0 Å². The summed E-state index contributed by atoms with van der Waals surface area (Å²) in [5.74, 6) is -2.28. The maximum atomic E-state index is 14.5. The van der Waals surface area contributed by atoms with Gasteiger partial charge in [0, 0.05) is 42.8 Å². The number of nitrogens with two attached hydrogens (primary N) is 1. The third kappa shape index (κ3) is 5.80. The minimum Gasteiger partial charge on any atom is -0.339 e. The summed E-state index contributed by atoms with van der Waals surface area (Å²) in [5, 5.41) is 4.16. The summed E-state index contributed by atoms with van der Waals surface area (Å²) in [7, 11) is -3.86. The van der Waals surface area contributed by atoms with Gasteiger partial charge in [0.05, 0.1) is 27.8 Å². The number of nitrogens with one attached hydrogen (secondary N) is 2. The van der Waals surface area contributed by atoms with Gasteiger partial charge >= 0.3 is 6.03 Å². The van der Waals surface area contributed by atoms with Gasteiger partial charge in [-0.05, 0) is 50.7 Å². The molecule has 2 saturated carbocycles. The molecular formula is C34H40N8O6S2. The minimum atomic E-state index is -3.86. The Labute approximate surface area is 293 Å². The zero-order valence-corrected chi connectivity index (χ0v) is 29.1. The summed E-state index contributed by atoms with van der Waals surface area (Å²) < 4.78 is 29.4. The first kappa shape index (κ1) is 33.0. The van der Waals surface area contributed by atoms with Crippen LogP contribution in [0.1, 0.15) is 51.4 Å². The molecule has 2 saturated heterocycles. The van der Waals surface area contributed by atoms with Crippen LogP contribution in [0.15, 0.2) is 47.3 Å². The Kier molecular flexibility index (Phi) is 8.30. The highest BCUT2D eigenvalue weighted by Crippen LogP contribution is 2.47. The topological polar surface area (TPSA) is 190 Å². The number of allylic oxidation sites excluding steroid dienone is 1. The Hall–Kier alpha value is -4.15. The number of carbonyl (C=O) groups is 4. The largest absolute Gasteiger partial charge is 0.339 e. The van der Waals surface area contributed by atoms with E-state index in [2.05, 4.69) is 15.0 Å². The van der Waals surface area contributed by atoms with Gasteiger partial charge in [-0.25, -0.2) is 27.7 Å². The summed E-state index contributed by atoms with van der Waals surface area (Å²) in [5.41, 5.74) is 8.51. The maximum Gasteiger partial charge on any atom is 0.330 e. The molecule has 264 valence electrons. The molecule has 14 nitrogen and oxygen atoms in total. The van der Waals surface area contributed by atoms with Crippen LogP contribution in [-0.4, -0.2) is 99.0 Å². The summed E-state index contributed by atoms with van der Waals surface area (Å²) >= 11 is 1.40. The Morgan fingerprint density at radius 2 is 1.88 bits per heavy atom. The van der Waals surface area contributed by atoms with Gasteiger partial charge in [-0.3, -0.25) is 19.1 Å². The normalized spacial score (nSPS) is 30.9. The number of aromatic nitrogens is 3. The Morgan fingerprint density at radius 1 is 1.06 bits per heavy atom. The van der Waals surface area contributed by atoms with Crippen LogP contribution in [0, 0.1) is 17.8 Å². The molecule has 0 bridgehead atoms. The molecule has 6 atom stereocenters. The highest BCUT2D eigenvalue weighted by molar-refractivity contribution is 7.91. The Balaban J connectivity index is 1.10. The van der Waals surface area contributed by atoms with Crippen molar-refractivity contribution < 1.29 is 27.6 Å². The van der Waals surface area contributed by atoms with Gasteiger partial charge in [0.2, 0.25) is 21.8 Å². The molecule has 0 spiro atoms. The molecule has 3 aliphatic heterocycles. The number of para-hydroxylation sites is 2. The van der Waals surface area contributed by atoms with E-state index >= 15 is 0 Å². The standard InChI is InChI=1S/C34H40N8O6S2/c35-24-9-5-3-1-2-4-8-21-14-34(21,32(45)39-50(47,48)22-12-13-22)38-30(43)28-23-17-40(15-20(23)16-41(28)31(24)44)33(46)42-27-11-7-6-10-25(27)37-29(42)26-18-49-19-36-26/h4,6-8,10-11,18-24,28H,1-3,5,9,12-17,35H2,(H,38,43)(H,39,45)/b8-4-/t20-,21+,23-,24-,28-,34-/m0/s1. The van der Waals surface area contributed by atoms with Crippen LogP contribution in [0.25, 0.3) is 22.6 Å². The van der Waals surface area contributed by atoms with E-state index in [1.807, 2.05) is 41.8 Å². The zero-order chi connectivity index (χ0) is 34.8. The number of nitrogens with zero attached hydrogens (tertiary/aromatic N) is 5. The molecule has 5 heterocycles. The van der Waals surface area contributed by atoms with Gasteiger partial charge in [-0.1, -0.05) is 37.1 Å². The first-order valence-corrected chi connectivity index (χ1v) is 19.8. The van der Waals surface area contributed by atoms with Crippen LogP contribution < -0.4 is 15.8 Å². The second-order valence-corrected chi connectivity index (χ2v) is 17.0. The third-order valence-electron chi connectivity index (χ3n) is 10.9. The lowest BCUT2D eigenvalue weighted by Gasteiger charge is -2.32. The lowest BCUT2D eigenvalue weighted by atomic mass is 9.93. The second kappa shape index (κ2) is 12.6. The number of carbonyl (C=O) groups excluding carboxylic acids is 4. The number of fused-ring (bicyclic) bond motifs is 5. The number of sulfonamides is 1. The maximum absolute atomic E-state index is 14.5. The van der Waals surface area contributed by atoms with Crippen molar-refractivity contribution in [2.24, 2.45) is 23.5 Å². The van der Waals surface area contributed by atoms with Crippen molar-refractivity contribution in [2.45, 2.75) is 74.2 Å². The van der Waals surface area contributed by atoms with Crippen molar-refractivity contribution in [3.63, 3.8) is 0 Å². The molecule has 0 radical (unpaired) electrons. The number of imidazole rings is 1. The second-order valence-electron chi connectivity index (χ2n) is 14.3. The molecule has 3 aromatic rings. The molecule has 8 rings (SSSR count). The summed E-state index contributed by atoms with van der Waals surface area (Å²) in [4.78, 5) is 68.7. The first-order valence-electron chi connectivity index (χ1n) is 17.3. The molecule has 0 unspecified atom stereocenters. The molecule has 1 aromatic carbocycles. The van der Waals surface area contributed by atoms with E-state index in [0.717, 1.165) is 25.7 Å². The highest BCUT2D eigenvalue weighted by Gasteiger charge is 2.63. The fourth-order valence-corrected chi connectivity index (χ4v) is 9.87. The lowest BCUT2D eigenvalue weighted by Crippen LogP contribution is -2.59. The van der Waals surface area contributed by atoms with Gasteiger partial charge < -0.3 is 20.9 Å². The van der Waals surface area contributed by atoms with Crippen LogP contribution >= 0.6 is 11.3 Å². The molecule has 2 aromatic heterocycles. The number of benzene rings is 1. The van der Waals surface area contributed by atoms with E-state index < -0.39 is 56.5 Å². The van der Waals surface area contributed by atoms with Crippen molar-refractivity contribution in [3.05, 3.63) is 47.3 Å². The molecule has 2 aliphatic carbocycles. The van der Waals surface area contributed by atoms with Crippen molar-refractivity contribution in [3.8, 4) is 11.5 Å². The van der Waals surface area contributed by atoms with E-state index in [-0.39, 0.29) is 37.4 Å². The summed E-state index contributed by atoms with van der Waals surface area (Å²) in [6.45, 7) is 0.704. The molecule has 4 N–H and O–H groups in total. The highest BCUT2D eigenvalue weighted by atomic mass is 32.2. The zero-order valence-electron chi connectivity index (χ0n) is 27.4. The van der Waals surface area contributed by atoms with E-state index in [9.17, 15) is 27.6 Å². The van der Waals surface area contributed by atoms with Crippen molar-refractivity contribution in [1.82, 2.24) is 34.4 Å². The number of rotatable bonds is 4. The number of hydrogen-bond acceptors (Lipinski definition) is 10. The van der Waals surface area contributed by atoms with Crippen LogP contribution in [0.4, 0.5) is 4.79 Å². The van der Waals surface area contributed by atoms with Crippen molar-refractivity contribution in [1.29, 1.82) is 0 Å². The molecular weight excluding hydrogens is 681 g/mol. The molecule has 5 aliphatic rings. The average molecular weight is 721 g/mol. The SMILES string of the molecule is N[C@H]1CCCCC/C=C\[C@@H]2C[C@]2(C(=O)NS(=O)(=O)C2CC2)NC(=O)[C@@H]2[C@H]3CN(C(=O)n4c(-c5cscn5)nc5ccccc54)C[C@H]3CN2C1=O. The van der Waals surface area contributed by atoms with Gasteiger partial charge in [0.25, 0.3) is 5.91 Å². The predicted molar refractivity (Wildman–Crippen MR) is 185 cm³/mol. The monoisotopic (exact) mass is 720 g/mol. The lowest BCUT2D eigenvalue weighted by molar-refractivity contribution is -0.141. The molecule has 4 fully saturated rings. The first-order chi connectivity index (χ1) is 24.1. The van der Waals surface area contributed by atoms with Crippen molar-refractivity contribution >= 4 is 56.1 Å². The minimum absolute atomic E-state index is 0.183. The van der Waals surface area contributed by atoms with E-state index in [0.29, 0.717) is 48.4 Å². The van der Waals surface area contributed by atoms with Gasteiger partial charge in [0.15, 0.2) is 5.82 Å². The van der Waals surface area contributed by atoms with Crippen LogP contribution in [0.2, 0.25) is 0 Å². The van der Waals surface area contributed by atoms with E-state index in [4.69, 9.17) is 10.7 Å². The third-order valence-corrected chi connectivity index (χ3v) is 13.3. The molecule has 4 amide bonds. The van der Waals surface area contributed by atoms with E-state index in [1.165, 1.54) is 16.2 Å². The van der Waals surface area contributed by atoms with Crippen LogP contribution in [0.5, 0.6) is 0 Å². The number of hydrogen-bond donors (Lipinski definition) is 3. The van der Waals surface area contributed by atoms with Gasteiger partial charge in [-0.15, -0.1) is 11.3 Å². The smallest absolute Gasteiger partial charge is 0.330 e. The van der Waals surface area contributed by atoms with Gasteiger partial charge in [0.1, 0.15) is 17.3 Å². The fourth-order valence-electron chi connectivity index (χ4n) is 7.98. The Morgan fingerprint density at radius 3 is 2.66 bits per heavy atom. The van der Waals surface area contributed by atoms with E-state index in [1.54, 1.807) is 15.0 Å². The molecule has 16 heteroatoms. The summed E-state index contributed by atoms with van der Waals surface area (Å²) in [6, 6.07) is 5.25. The number of thiazole rings is 1. The summed E-state index contributed by atoms with van der Waals surface area (Å²) in [6.07, 6.45) is 8.83. The van der Waals surface area contributed by atoms with Crippen LogP contribution in [-0.2, 0) is 24.4 Å². The predicted octanol–water partition coefficient (Wildman–Crippen LogP) is 2.22. The molecule has 50 heavy (non-hydrogen) atoms. The number of amides is 4. The average Bonchev–Trinajstić information content (AvgIpc) is 3.79. The number of likely N-dealkylation sites (tertiary alicyclic amines) is 1. The van der Waals surface area contributed by atoms with Gasteiger partial charge in [-0.2, -0.15) is 0 Å². The Bertz CT molecular complexity index is 1990. The van der Waals surface area contributed by atoms with Crippen molar-refractivity contribution in [2.75, 3.05) is 19.6 Å².